The maximum atomic E-state index is 14.9. The van der Waals surface area contributed by atoms with E-state index in [9.17, 15) is 31.5 Å². The highest BCUT2D eigenvalue weighted by atomic mass is 19.4. The molecule has 1 saturated heterocycles. The molecule has 2 aliphatic rings. The minimum Gasteiger partial charge on any atom is -0.466 e. The quantitative estimate of drug-likeness (QED) is 0.507. The van der Waals surface area contributed by atoms with Crippen LogP contribution in [0, 0.1) is 6.92 Å². The standard InChI is InChI=1S/C22H19F5N6O3/c1-11-30-14(13-8-29-19(35)32-18(13)34)7-16(31-11)33-9-15(21(23,24)10-33)36-17-6-12(2-5-28-17)20(3-4-20)22(25,26)27/h2,5-8,15H,3-4,9-10H2,1H3,(H2,29,32,34,35). The lowest BCUT2D eigenvalue weighted by Crippen LogP contribution is -2.36. The number of aryl methyl sites for hydroxylation is 1. The van der Waals surface area contributed by atoms with Crippen LogP contribution in [0.1, 0.15) is 24.2 Å². The van der Waals surface area contributed by atoms with Gasteiger partial charge in [0.25, 0.3) is 5.56 Å². The third-order valence-corrected chi connectivity index (χ3v) is 6.35. The van der Waals surface area contributed by atoms with Gasteiger partial charge in [-0.1, -0.05) is 0 Å². The number of alkyl halides is 5. The van der Waals surface area contributed by atoms with Gasteiger partial charge in [0.1, 0.15) is 11.6 Å². The Labute approximate surface area is 199 Å². The van der Waals surface area contributed by atoms with E-state index in [-0.39, 0.29) is 53.7 Å². The molecule has 0 spiro atoms. The fourth-order valence-electron chi connectivity index (χ4n) is 4.28. The van der Waals surface area contributed by atoms with E-state index in [1.165, 1.54) is 24.0 Å². The highest BCUT2D eigenvalue weighted by Gasteiger charge is 2.64. The van der Waals surface area contributed by atoms with E-state index in [0.717, 1.165) is 18.5 Å². The van der Waals surface area contributed by atoms with Gasteiger partial charge in [-0.15, -0.1) is 0 Å². The Hall–Kier alpha value is -3.84. The molecule has 3 aromatic heterocycles. The number of aromatic nitrogens is 5. The van der Waals surface area contributed by atoms with Crippen molar-refractivity contribution in [1.29, 1.82) is 0 Å². The summed E-state index contributed by atoms with van der Waals surface area (Å²) >= 11 is 0. The molecule has 1 atom stereocenters. The Kier molecular flexibility index (Phi) is 5.37. The average molecular weight is 510 g/mol. The van der Waals surface area contributed by atoms with Gasteiger partial charge in [0, 0.05) is 24.5 Å². The molecule has 2 fully saturated rings. The maximum Gasteiger partial charge on any atom is 0.398 e. The van der Waals surface area contributed by atoms with Crippen LogP contribution in [-0.4, -0.2) is 56.2 Å². The van der Waals surface area contributed by atoms with Crippen LogP contribution in [0.3, 0.4) is 0 Å². The summed E-state index contributed by atoms with van der Waals surface area (Å²) in [6, 6.07) is 3.61. The number of hydrogen-bond acceptors (Lipinski definition) is 7. The van der Waals surface area contributed by atoms with Crippen LogP contribution in [0.2, 0.25) is 0 Å². The largest absolute Gasteiger partial charge is 0.466 e. The normalized spacial score (nSPS) is 20.4. The lowest BCUT2D eigenvalue weighted by Gasteiger charge is -2.22. The SMILES string of the molecule is Cc1nc(-c2c[nH]c(=O)[nH]c2=O)cc(N2CC(Oc3cc(C4(C(F)(F)F)CC4)ccn3)C(F)(F)C2)n1. The fraction of sp³-hybridized carbons (Fsp3) is 0.409. The fourth-order valence-corrected chi connectivity index (χ4v) is 4.28. The van der Waals surface area contributed by atoms with Crippen LogP contribution in [0.15, 0.2) is 40.2 Å². The van der Waals surface area contributed by atoms with Crippen molar-refractivity contribution in [1.82, 2.24) is 24.9 Å². The zero-order valence-electron chi connectivity index (χ0n) is 18.7. The minimum atomic E-state index is -4.46. The van der Waals surface area contributed by atoms with Crippen molar-refractivity contribution in [2.45, 2.75) is 43.4 Å². The van der Waals surface area contributed by atoms with E-state index in [1.54, 1.807) is 0 Å². The highest BCUT2D eigenvalue weighted by molar-refractivity contribution is 5.61. The van der Waals surface area contributed by atoms with Gasteiger partial charge in [-0.25, -0.2) is 28.5 Å². The third-order valence-electron chi connectivity index (χ3n) is 6.35. The Bertz CT molecular complexity index is 1430. The van der Waals surface area contributed by atoms with Crippen LogP contribution >= 0.6 is 0 Å². The van der Waals surface area contributed by atoms with E-state index in [0.29, 0.717) is 0 Å². The van der Waals surface area contributed by atoms with Gasteiger partial charge in [-0.05, 0) is 31.4 Å². The Balaban J connectivity index is 1.40. The maximum absolute atomic E-state index is 14.9. The monoisotopic (exact) mass is 510 g/mol. The number of rotatable bonds is 5. The summed E-state index contributed by atoms with van der Waals surface area (Å²) in [7, 11) is 0. The molecule has 0 radical (unpaired) electrons. The molecule has 36 heavy (non-hydrogen) atoms. The van der Waals surface area contributed by atoms with Crippen LogP contribution < -0.4 is 20.9 Å². The number of anilines is 1. The van der Waals surface area contributed by atoms with Crippen molar-refractivity contribution in [3.8, 4) is 17.1 Å². The molecule has 0 aromatic carbocycles. The summed E-state index contributed by atoms with van der Waals surface area (Å²) in [5, 5.41) is 0. The topological polar surface area (TPSA) is 117 Å². The van der Waals surface area contributed by atoms with Gasteiger partial charge in [0.05, 0.1) is 29.8 Å². The first-order valence-corrected chi connectivity index (χ1v) is 10.9. The van der Waals surface area contributed by atoms with Crippen molar-refractivity contribution in [3.05, 3.63) is 62.8 Å². The molecular weight excluding hydrogens is 491 g/mol. The number of nitrogens with zero attached hydrogens (tertiary/aromatic N) is 4. The minimum absolute atomic E-state index is 0.0137. The smallest absolute Gasteiger partial charge is 0.398 e. The second kappa shape index (κ2) is 8.10. The molecule has 14 heteroatoms. The first-order chi connectivity index (χ1) is 16.9. The molecule has 3 aromatic rings. The molecule has 2 N–H and O–H groups in total. The number of H-pyrrole nitrogens is 2. The van der Waals surface area contributed by atoms with Crippen molar-refractivity contribution in [2.24, 2.45) is 0 Å². The Morgan fingerprint density at radius 1 is 1.17 bits per heavy atom. The molecule has 1 saturated carbocycles. The van der Waals surface area contributed by atoms with Crippen molar-refractivity contribution in [2.75, 3.05) is 18.0 Å². The van der Waals surface area contributed by atoms with Gasteiger partial charge in [0.2, 0.25) is 5.88 Å². The summed E-state index contributed by atoms with van der Waals surface area (Å²) < 4.78 is 75.6. The summed E-state index contributed by atoms with van der Waals surface area (Å²) in [5.41, 5.74) is -3.37. The predicted molar refractivity (Wildman–Crippen MR) is 116 cm³/mol. The number of hydrogen-bond donors (Lipinski definition) is 2. The summed E-state index contributed by atoms with van der Waals surface area (Å²) in [5.74, 6) is -3.43. The van der Waals surface area contributed by atoms with Crippen LogP contribution in [0.4, 0.5) is 27.8 Å². The first kappa shape index (κ1) is 23.9. The summed E-state index contributed by atoms with van der Waals surface area (Å²) in [6.07, 6.45) is -4.07. The predicted octanol–water partition coefficient (Wildman–Crippen LogP) is 2.72. The van der Waals surface area contributed by atoms with E-state index in [4.69, 9.17) is 4.74 Å². The van der Waals surface area contributed by atoms with Gasteiger partial charge in [0.15, 0.2) is 6.10 Å². The van der Waals surface area contributed by atoms with Crippen LogP contribution in [0.25, 0.3) is 11.3 Å². The molecular formula is C22H19F5N6O3. The summed E-state index contributed by atoms with van der Waals surface area (Å²) in [6.45, 7) is 0.377. The van der Waals surface area contributed by atoms with E-state index in [2.05, 4.69) is 24.9 Å². The second-order valence-electron chi connectivity index (χ2n) is 8.85. The van der Waals surface area contributed by atoms with Crippen LogP contribution in [0.5, 0.6) is 5.88 Å². The molecule has 1 unspecified atom stereocenters. The molecule has 9 nitrogen and oxygen atoms in total. The number of pyridine rings is 1. The molecule has 4 heterocycles. The van der Waals surface area contributed by atoms with Crippen molar-refractivity contribution in [3.63, 3.8) is 0 Å². The number of nitrogens with one attached hydrogen (secondary N) is 2. The zero-order chi connectivity index (χ0) is 25.9. The number of halogens is 5. The Morgan fingerprint density at radius 3 is 2.58 bits per heavy atom. The van der Waals surface area contributed by atoms with Gasteiger partial charge in [-0.3, -0.25) is 9.78 Å². The van der Waals surface area contributed by atoms with Crippen molar-refractivity contribution >= 4 is 5.82 Å². The van der Waals surface area contributed by atoms with E-state index in [1.807, 2.05) is 0 Å². The van der Waals surface area contributed by atoms with Crippen LogP contribution in [-0.2, 0) is 5.41 Å². The molecule has 190 valence electrons. The van der Waals surface area contributed by atoms with Crippen molar-refractivity contribution < 1.29 is 26.7 Å². The summed E-state index contributed by atoms with van der Waals surface area (Å²) in [4.78, 5) is 41.2. The number of aromatic amines is 2. The Morgan fingerprint density at radius 2 is 1.92 bits per heavy atom. The zero-order valence-corrected chi connectivity index (χ0v) is 18.7. The molecule has 1 aliphatic carbocycles. The first-order valence-electron chi connectivity index (χ1n) is 10.9. The lowest BCUT2D eigenvalue weighted by molar-refractivity contribution is -0.160. The van der Waals surface area contributed by atoms with Gasteiger partial charge >= 0.3 is 17.8 Å². The highest BCUT2D eigenvalue weighted by Crippen LogP contribution is 2.59. The average Bonchev–Trinajstić information content (AvgIpc) is 3.55. The molecule has 5 rings (SSSR count). The molecule has 0 amide bonds. The van der Waals surface area contributed by atoms with E-state index >= 15 is 0 Å². The lowest BCUT2D eigenvalue weighted by atomic mass is 9.96. The second-order valence-corrected chi connectivity index (χ2v) is 8.85. The van der Waals surface area contributed by atoms with E-state index < -0.39 is 41.4 Å². The molecule has 0 bridgehead atoms. The number of ether oxygens (including phenoxy) is 1. The van der Waals surface area contributed by atoms with Gasteiger partial charge in [-0.2, -0.15) is 13.2 Å². The third kappa shape index (κ3) is 4.20. The molecule has 1 aliphatic heterocycles. The van der Waals surface area contributed by atoms with Gasteiger partial charge < -0.3 is 14.6 Å².